The number of aliphatic hydroxyl groups is 1. The molecule has 2 aromatic carbocycles. The van der Waals surface area contributed by atoms with Gasteiger partial charge in [0, 0.05) is 32.5 Å². The van der Waals surface area contributed by atoms with Crippen molar-refractivity contribution >= 4 is 41.5 Å². The molecule has 3 N–H and O–H groups in total. The topological polar surface area (TPSA) is 118 Å². The third-order valence-electron chi connectivity index (χ3n) is 8.14. The van der Waals surface area contributed by atoms with E-state index in [1.807, 2.05) is 36.4 Å². The highest BCUT2D eigenvalue weighted by Crippen LogP contribution is 2.38. The largest absolute Gasteiger partial charge is 0.405 e. The summed E-state index contributed by atoms with van der Waals surface area (Å²) < 4.78 is 15.3. The maximum absolute atomic E-state index is 13.1. The van der Waals surface area contributed by atoms with Crippen LogP contribution in [0.4, 0.5) is 5.95 Å². The number of ketones is 1. The smallest absolute Gasteiger partial charge is 0.263 e. The minimum atomic E-state index is -2.84. The third kappa shape index (κ3) is 6.14. The van der Waals surface area contributed by atoms with Gasteiger partial charge in [0.25, 0.3) is 13.9 Å². The van der Waals surface area contributed by atoms with Gasteiger partial charge in [0.05, 0.1) is 23.7 Å². The Morgan fingerprint density at radius 3 is 2.36 bits per heavy atom. The number of aromatic amines is 1. The van der Waals surface area contributed by atoms with Crippen molar-refractivity contribution in [1.82, 2.24) is 14.5 Å². The number of benzene rings is 2. The Labute approximate surface area is 258 Å². The molecular formula is C34H40N4O5Si. The van der Waals surface area contributed by atoms with Crippen molar-refractivity contribution < 1.29 is 19.1 Å². The van der Waals surface area contributed by atoms with Crippen LogP contribution in [0.2, 0.25) is 5.04 Å². The van der Waals surface area contributed by atoms with Gasteiger partial charge >= 0.3 is 0 Å². The van der Waals surface area contributed by atoms with Crippen molar-refractivity contribution in [2.45, 2.75) is 70.4 Å². The molecular weight excluding hydrogens is 572 g/mol. The highest BCUT2D eigenvalue weighted by Gasteiger charge is 2.51. The van der Waals surface area contributed by atoms with Crippen molar-refractivity contribution in [2.75, 3.05) is 19.0 Å². The summed E-state index contributed by atoms with van der Waals surface area (Å²) in [5.41, 5.74) is 0.559. The summed E-state index contributed by atoms with van der Waals surface area (Å²) in [4.78, 5) is 31.8. The molecule has 230 valence electrons. The molecule has 10 heteroatoms. The van der Waals surface area contributed by atoms with Crippen molar-refractivity contribution in [1.29, 1.82) is 0 Å². The summed E-state index contributed by atoms with van der Waals surface area (Å²) in [6.45, 7) is 8.35. The van der Waals surface area contributed by atoms with Gasteiger partial charge in [-0.3, -0.25) is 14.6 Å². The third-order valence-corrected chi connectivity index (χ3v) is 13.1. The predicted octanol–water partition coefficient (Wildman–Crippen LogP) is 3.71. The van der Waals surface area contributed by atoms with Crippen LogP contribution in [0.25, 0.3) is 11.0 Å². The molecule has 4 aromatic rings. The average molecular weight is 613 g/mol. The van der Waals surface area contributed by atoms with Crippen molar-refractivity contribution in [3.63, 3.8) is 0 Å². The first kappa shape index (κ1) is 31.4. The van der Waals surface area contributed by atoms with Crippen molar-refractivity contribution in [3.8, 4) is 11.8 Å². The van der Waals surface area contributed by atoms with E-state index in [0.29, 0.717) is 41.8 Å². The number of hydrogen-bond acceptors (Lipinski definition) is 7. The molecule has 5 rings (SSSR count). The van der Waals surface area contributed by atoms with E-state index in [-0.39, 0.29) is 23.0 Å². The van der Waals surface area contributed by atoms with Crippen LogP contribution in [0.3, 0.4) is 0 Å². The molecule has 1 unspecified atom stereocenters. The Kier molecular flexibility index (Phi) is 9.22. The lowest BCUT2D eigenvalue weighted by molar-refractivity contribution is -0.116. The van der Waals surface area contributed by atoms with Crippen LogP contribution in [0.1, 0.15) is 58.7 Å². The molecule has 0 aliphatic carbocycles. The number of carbonyl (C=O) groups excluding carboxylic acids is 1. The first-order valence-electron chi connectivity index (χ1n) is 14.9. The van der Waals surface area contributed by atoms with Gasteiger partial charge in [-0.05, 0) is 22.3 Å². The molecule has 0 amide bonds. The highest BCUT2D eigenvalue weighted by atomic mass is 28.4. The first-order valence-corrected chi connectivity index (χ1v) is 16.9. The Hall–Kier alpha value is -4.01. The average Bonchev–Trinajstić information content (AvgIpc) is 3.56. The number of nitrogens with one attached hydrogen (secondary N) is 2. The van der Waals surface area contributed by atoms with Gasteiger partial charge in [0.15, 0.2) is 5.65 Å². The van der Waals surface area contributed by atoms with Crippen LogP contribution in [0.5, 0.6) is 0 Å². The summed E-state index contributed by atoms with van der Waals surface area (Å²) in [6, 6.07) is 20.7. The summed E-state index contributed by atoms with van der Waals surface area (Å²) in [7, 11) is -1.17. The summed E-state index contributed by atoms with van der Waals surface area (Å²) >= 11 is 0. The van der Waals surface area contributed by atoms with E-state index in [2.05, 4.69) is 72.2 Å². The fourth-order valence-electron chi connectivity index (χ4n) is 5.99. The number of nitrogens with zero attached hydrogens (tertiary/aromatic N) is 2. The Morgan fingerprint density at radius 2 is 1.80 bits per heavy atom. The molecule has 1 saturated heterocycles. The lowest BCUT2D eigenvalue weighted by Crippen LogP contribution is -2.67. The minimum absolute atomic E-state index is 0.0552. The zero-order chi connectivity index (χ0) is 31.5. The normalized spacial score (nSPS) is 18.6. The van der Waals surface area contributed by atoms with E-state index in [0.717, 1.165) is 10.4 Å². The highest BCUT2D eigenvalue weighted by molar-refractivity contribution is 6.99. The van der Waals surface area contributed by atoms with Crippen LogP contribution in [-0.2, 0) is 14.0 Å². The number of H-pyrrole nitrogens is 1. The lowest BCUT2D eigenvalue weighted by atomic mass is 10.2. The van der Waals surface area contributed by atoms with E-state index in [1.165, 1.54) is 6.92 Å². The van der Waals surface area contributed by atoms with E-state index in [1.54, 1.807) is 17.8 Å². The number of rotatable bonds is 9. The van der Waals surface area contributed by atoms with E-state index in [9.17, 15) is 14.7 Å². The van der Waals surface area contributed by atoms with Gasteiger partial charge < -0.3 is 24.2 Å². The lowest BCUT2D eigenvalue weighted by Gasteiger charge is -2.43. The molecule has 44 heavy (non-hydrogen) atoms. The number of Topliss-reactive ketones (excluding diaryl/α,β-unsaturated/α-hetero) is 1. The zero-order valence-corrected chi connectivity index (χ0v) is 26.9. The number of fused-ring (bicyclic) bond motifs is 1. The monoisotopic (exact) mass is 612 g/mol. The second-order valence-corrected chi connectivity index (χ2v) is 16.5. The Bertz CT molecular complexity index is 1690. The molecule has 0 saturated carbocycles. The van der Waals surface area contributed by atoms with Crippen molar-refractivity contribution in [2.24, 2.45) is 0 Å². The molecule has 0 bridgehead atoms. The van der Waals surface area contributed by atoms with Gasteiger partial charge in [0.2, 0.25) is 5.95 Å². The van der Waals surface area contributed by atoms with Crippen LogP contribution in [0.15, 0.2) is 71.7 Å². The molecule has 1 fully saturated rings. The first-order chi connectivity index (χ1) is 21.0. The number of anilines is 1. The van der Waals surface area contributed by atoms with Crippen LogP contribution >= 0.6 is 0 Å². The number of aromatic nitrogens is 3. The van der Waals surface area contributed by atoms with Gasteiger partial charge in [-0.2, -0.15) is 4.98 Å². The fraction of sp³-hybridized carbons (Fsp3) is 0.382. The Morgan fingerprint density at radius 1 is 1.16 bits per heavy atom. The maximum Gasteiger partial charge on any atom is 0.263 e. The second kappa shape index (κ2) is 12.9. The van der Waals surface area contributed by atoms with E-state index in [4.69, 9.17) is 9.16 Å². The molecule has 2 aromatic heterocycles. The number of aliphatic hydroxyl groups excluding tert-OH is 1. The molecule has 3 heterocycles. The standard InChI is InChI=1S/C34H40N4O5Si/c1-23(39)14-12-13-15-24-21-38(31-30(24)32(41)37-33(35-5)36-31)29-20-27(40)28(43-29)22-42-44(34(2,3)4,25-16-8-6-9-17-25)26-18-10-7-11-19-26/h6-11,16-19,21,27-29,40H,12,14,20,22H2,1-5H3,(H2,35,36,37,41)/t27?,28-,29-/m1/s1. The van der Waals surface area contributed by atoms with Gasteiger partial charge in [0.1, 0.15) is 18.1 Å². The van der Waals surface area contributed by atoms with Gasteiger partial charge in [-0.25, -0.2) is 0 Å². The fourth-order valence-corrected chi connectivity index (χ4v) is 10.6. The van der Waals surface area contributed by atoms with Crippen molar-refractivity contribution in [3.05, 3.63) is 82.8 Å². The van der Waals surface area contributed by atoms with Crippen LogP contribution < -0.4 is 21.2 Å². The van der Waals surface area contributed by atoms with Gasteiger partial charge in [-0.1, -0.05) is 93.3 Å². The van der Waals surface area contributed by atoms with Gasteiger partial charge in [-0.15, -0.1) is 0 Å². The second-order valence-electron chi connectivity index (χ2n) is 12.2. The quantitative estimate of drug-likeness (QED) is 0.195. The number of hydrogen-bond donors (Lipinski definition) is 3. The zero-order valence-electron chi connectivity index (χ0n) is 25.9. The molecule has 9 nitrogen and oxygen atoms in total. The summed E-state index contributed by atoms with van der Waals surface area (Å²) in [5, 5.41) is 16.6. The SMILES string of the molecule is CNc1nc2c(c(C#CCCC(C)=O)cn2[C@H]2CC(O)[C@@H](CO[Si](c3ccccc3)(c3ccccc3)C(C)(C)C)O2)c(=O)[nH]1. The predicted molar refractivity (Wildman–Crippen MR) is 175 cm³/mol. The minimum Gasteiger partial charge on any atom is -0.405 e. The number of carbonyl (C=O) groups is 1. The maximum atomic E-state index is 13.1. The molecule has 1 aliphatic rings. The summed E-state index contributed by atoms with van der Waals surface area (Å²) in [5.74, 6) is 6.41. The van der Waals surface area contributed by atoms with Crippen LogP contribution in [-0.4, -0.2) is 59.6 Å². The summed E-state index contributed by atoms with van der Waals surface area (Å²) in [6.07, 6.45) is 0.778. The van der Waals surface area contributed by atoms with Crippen LogP contribution in [0, 0.1) is 11.8 Å². The molecule has 0 radical (unpaired) electrons. The Balaban J connectivity index is 1.47. The molecule has 3 atom stereocenters. The van der Waals surface area contributed by atoms with E-state index >= 15 is 0 Å². The molecule has 1 aliphatic heterocycles. The number of ether oxygens (including phenoxy) is 1. The van der Waals surface area contributed by atoms with E-state index < -0.39 is 26.8 Å². The molecule has 0 spiro atoms.